The smallest absolute Gasteiger partial charge is 0.107 e. The lowest BCUT2D eigenvalue weighted by molar-refractivity contribution is 0.401. The number of aryl methyl sites for hydroxylation is 1. The Labute approximate surface area is 103 Å². The second-order valence-electron chi connectivity index (χ2n) is 4.60. The second kappa shape index (κ2) is 6.33. The van der Waals surface area contributed by atoms with Gasteiger partial charge in [0.2, 0.25) is 0 Å². The molecule has 0 amide bonds. The molecule has 16 heavy (non-hydrogen) atoms. The van der Waals surface area contributed by atoms with Crippen molar-refractivity contribution in [3.05, 3.63) is 15.6 Å². The van der Waals surface area contributed by atoms with E-state index in [1.54, 1.807) is 0 Å². The minimum Gasteiger partial charge on any atom is -0.310 e. The summed E-state index contributed by atoms with van der Waals surface area (Å²) >= 11 is 1.84. The number of aromatic nitrogens is 1. The molecule has 0 radical (unpaired) electrons. The van der Waals surface area contributed by atoms with Gasteiger partial charge in [-0.25, -0.2) is 4.98 Å². The highest BCUT2D eigenvalue weighted by Crippen LogP contribution is 2.20. The minimum absolute atomic E-state index is 0.532. The molecular formula is C12H23N3S. The van der Waals surface area contributed by atoms with E-state index in [0.717, 1.165) is 19.5 Å². The van der Waals surface area contributed by atoms with Gasteiger partial charge in [0.25, 0.3) is 0 Å². The summed E-state index contributed by atoms with van der Waals surface area (Å²) in [7, 11) is 4.16. The van der Waals surface area contributed by atoms with E-state index in [9.17, 15) is 0 Å². The zero-order chi connectivity index (χ0) is 12.1. The molecule has 0 fully saturated rings. The van der Waals surface area contributed by atoms with E-state index in [-0.39, 0.29) is 0 Å². The summed E-state index contributed by atoms with van der Waals surface area (Å²) in [5.41, 5.74) is 1.26. The summed E-state index contributed by atoms with van der Waals surface area (Å²) in [4.78, 5) is 8.24. The van der Waals surface area contributed by atoms with Crippen LogP contribution in [0.25, 0.3) is 0 Å². The summed E-state index contributed by atoms with van der Waals surface area (Å²) in [6, 6.07) is 0.532. The van der Waals surface area contributed by atoms with Crippen molar-refractivity contribution in [1.82, 2.24) is 15.2 Å². The van der Waals surface area contributed by atoms with Crippen LogP contribution in [0.2, 0.25) is 0 Å². The van der Waals surface area contributed by atoms with Crippen LogP contribution >= 0.6 is 11.3 Å². The SMILES string of the molecule is CCc1nc(CN(C)C)sc1CNC(C)C. The van der Waals surface area contributed by atoms with Gasteiger partial charge < -0.3 is 10.2 Å². The topological polar surface area (TPSA) is 28.2 Å². The van der Waals surface area contributed by atoms with Gasteiger partial charge in [0, 0.05) is 24.0 Å². The predicted octanol–water partition coefficient (Wildman–Crippen LogP) is 2.27. The van der Waals surface area contributed by atoms with Gasteiger partial charge in [0.05, 0.1) is 5.69 Å². The summed E-state index contributed by atoms with van der Waals surface area (Å²) < 4.78 is 0. The molecule has 0 aliphatic heterocycles. The molecule has 0 spiro atoms. The second-order valence-corrected chi connectivity index (χ2v) is 5.77. The molecule has 0 atom stereocenters. The average molecular weight is 241 g/mol. The summed E-state index contributed by atoms with van der Waals surface area (Å²) in [5.74, 6) is 0. The first-order chi connectivity index (χ1) is 7.52. The summed E-state index contributed by atoms with van der Waals surface area (Å²) in [6.07, 6.45) is 1.03. The Hall–Kier alpha value is -0.450. The molecule has 4 heteroatoms. The maximum atomic E-state index is 4.68. The number of thiazole rings is 1. The molecule has 1 rings (SSSR count). The fourth-order valence-electron chi connectivity index (χ4n) is 1.49. The Balaban J connectivity index is 2.70. The maximum Gasteiger partial charge on any atom is 0.107 e. The minimum atomic E-state index is 0.532. The van der Waals surface area contributed by atoms with Crippen molar-refractivity contribution in [3.63, 3.8) is 0 Å². The van der Waals surface area contributed by atoms with Crippen LogP contribution in [0.1, 0.15) is 36.3 Å². The molecule has 0 aliphatic rings. The molecule has 1 aromatic rings. The van der Waals surface area contributed by atoms with Crippen LogP contribution in [-0.4, -0.2) is 30.0 Å². The Kier molecular flexibility index (Phi) is 5.38. The Morgan fingerprint density at radius 1 is 1.38 bits per heavy atom. The number of nitrogens with one attached hydrogen (secondary N) is 1. The van der Waals surface area contributed by atoms with Crippen molar-refractivity contribution in [2.75, 3.05) is 14.1 Å². The molecule has 0 bridgehead atoms. The zero-order valence-corrected chi connectivity index (χ0v) is 11.8. The van der Waals surface area contributed by atoms with Crippen LogP contribution in [0.15, 0.2) is 0 Å². The van der Waals surface area contributed by atoms with Gasteiger partial charge in [-0.1, -0.05) is 20.8 Å². The fourth-order valence-corrected chi connectivity index (χ4v) is 2.71. The summed E-state index contributed by atoms with van der Waals surface area (Å²) in [6.45, 7) is 8.42. The van der Waals surface area contributed by atoms with Gasteiger partial charge in [-0.05, 0) is 20.5 Å². The van der Waals surface area contributed by atoms with Crippen molar-refractivity contribution in [2.45, 2.75) is 46.3 Å². The van der Waals surface area contributed by atoms with E-state index in [2.05, 4.69) is 50.1 Å². The molecule has 0 unspecified atom stereocenters. The largest absolute Gasteiger partial charge is 0.310 e. The van der Waals surface area contributed by atoms with Crippen LogP contribution in [0, 0.1) is 0 Å². The molecule has 0 aliphatic carbocycles. The van der Waals surface area contributed by atoms with Gasteiger partial charge in [-0.2, -0.15) is 0 Å². The van der Waals surface area contributed by atoms with E-state index in [1.165, 1.54) is 15.6 Å². The molecule has 1 aromatic heterocycles. The highest BCUT2D eigenvalue weighted by Gasteiger charge is 2.10. The summed E-state index contributed by atoms with van der Waals surface area (Å²) in [5, 5.41) is 4.68. The van der Waals surface area contributed by atoms with Gasteiger partial charge in [-0.3, -0.25) is 0 Å². The highest BCUT2D eigenvalue weighted by molar-refractivity contribution is 7.11. The average Bonchev–Trinajstić information content (AvgIpc) is 2.56. The molecule has 1 heterocycles. The third kappa shape index (κ3) is 4.20. The number of hydrogen-bond donors (Lipinski definition) is 1. The highest BCUT2D eigenvalue weighted by atomic mass is 32.1. The van der Waals surface area contributed by atoms with E-state index in [4.69, 9.17) is 0 Å². The van der Waals surface area contributed by atoms with Crippen LogP contribution in [-0.2, 0) is 19.5 Å². The van der Waals surface area contributed by atoms with Gasteiger partial charge in [-0.15, -0.1) is 11.3 Å². The first-order valence-electron chi connectivity index (χ1n) is 5.88. The monoisotopic (exact) mass is 241 g/mol. The Bertz CT molecular complexity index is 318. The number of rotatable bonds is 6. The lowest BCUT2D eigenvalue weighted by atomic mass is 10.3. The van der Waals surface area contributed by atoms with Crippen molar-refractivity contribution in [2.24, 2.45) is 0 Å². The molecule has 3 nitrogen and oxygen atoms in total. The van der Waals surface area contributed by atoms with E-state index >= 15 is 0 Å². The molecular weight excluding hydrogens is 218 g/mol. The number of nitrogens with zero attached hydrogens (tertiary/aromatic N) is 2. The first kappa shape index (κ1) is 13.6. The number of hydrogen-bond acceptors (Lipinski definition) is 4. The molecule has 0 saturated heterocycles. The van der Waals surface area contributed by atoms with Crippen molar-refractivity contribution in [3.8, 4) is 0 Å². The molecule has 92 valence electrons. The standard InChI is InChI=1S/C12H23N3S/c1-6-10-11(7-13-9(2)3)16-12(14-10)8-15(4)5/h9,13H,6-8H2,1-5H3. The molecule has 0 saturated carbocycles. The van der Waals surface area contributed by atoms with E-state index in [0.29, 0.717) is 6.04 Å². The Morgan fingerprint density at radius 3 is 2.56 bits per heavy atom. The predicted molar refractivity (Wildman–Crippen MR) is 70.9 cm³/mol. The van der Waals surface area contributed by atoms with Crippen LogP contribution < -0.4 is 5.32 Å². The molecule has 0 aromatic carbocycles. The van der Waals surface area contributed by atoms with E-state index in [1.807, 2.05) is 11.3 Å². The lowest BCUT2D eigenvalue weighted by Gasteiger charge is -2.06. The first-order valence-corrected chi connectivity index (χ1v) is 6.70. The third-order valence-corrected chi connectivity index (χ3v) is 3.36. The van der Waals surface area contributed by atoms with Crippen LogP contribution in [0.4, 0.5) is 0 Å². The molecule has 1 N–H and O–H groups in total. The third-order valence-electron chi connectivity index (χ3n) is 2.28. The lowest BCUT2D eigenvalue weighted by Crippen LogP contribution is -2.21. The van der Waals surface area contributed by atoms with E-state index < -0.39 is 0 Å². The van der Waals surface area contributed by atoms with Crippen molar-refractivity contribution in [1.29, 1.82) is 0 Å². The Morgan fingerprint density at radius 2 is 2.06 bits per heavy atom. The normalized spacial score (nSPS) is 11.7. The van der Waals surface area contributed by atoms with Gasteiger partial charge in [0.1, 0.15) is 5.01 Å². The van der Waals surface area contributed by atoms with Gasteiger partial charge >= 0.3 is 0 Å². The maximum absolute atomic E-state index is 4.68. The van der Waals surface area contributed by atoms with Gasteiger partial charge in [0.15, 0.2) is 0 Å². The van der Waals surface area contributed by atoms with Crippen LogP contribution in [0.3, 0.4) is 0 Å². The fraction of sp³-hybridized carbons (Fsp3) is 0.750. The van der Waals surface area contributed by atoms with Crippen LogP contribution in [0.5, 0.6) is 0 Å². The van der Waals surface area contributed by atoms with Crippen molar-refractivity contribution < 1.29 is 0 Å². The zero-order valence-electron chi connectivity index (χ0n) is 11.0. The van der Waals surface area contributed by atoms with Crippen molar-refractivity contribution >= 4 is 11.3 Å². The quantitative estimate of drug-likeness (QED) is 0.828.